The normalized spacial score (nSPS) is 12.7. The molecule has 0 aliphatic rings. The molecule has 0 heterocycles. The van der Waals surface area contributed by atoms with Crippen LogP contribution >= 0.6 is 27.7 Å². The van der Waals surface area contributed by atoms with Crippen LogP contribution in [-0.4, -0.2) is 41.7 Å². The van der Waals surface area contributed by atoms with Gasteiger partial charge in [-0.3, -0.25) is 9.59 Å². The van der Waals surface area contributed by atoms with E-state index in [1.165, 1.54) is 0 Å². The average Bonchev–Trinajstić information content (AvgIpc) is 2.77. The summed E-state index contributed by atoms with van der Waals surface area (Å²) in [5.74, 6) is 1.66. The molecule has 0 radical (unpaired) electrons. The van der Waals surface area contributed by atoms with Crippen LogP contribution in [0, 0.1) is 0 Å². The molecule has 2 rings (SSSR count). The molecule has 2 aromatic rings. The lowest BCUT2D eigenvalue weighted by Crippen LogP contribution is -2.50. The van der Waals surface area contributed by atoms with E-state index in [1.807, 2.05) is 62.4 Å². The monoisotopic (exact) mass is 506 g/mol. The van der Waals surface area contributed by atoms with Crippen molar-refractivity contribution in [1.29, 1.82) is 0 Å². The number of carbonyl (C=O) groups excluding carboxylic acids is 2. The molecule has 0 unspecified atom stereocenters. The number of methoxy groups -OCH3 is 1. The van der Waals surface area contributed by atoms with Crippen LogP contribution in [0.4, 0.5) is 0 Å². The van der Waals surface area contributed by atoms with Crippen LogP contribution < -0.4 is 10.1 Å². The van der Waals surface area contributed by atoms with E-state index in [0.717, 1.165) is 27.8 Å². The summed E-state index contributed by atoms with van der Waals surface area (Å²) in [5.41, 5.74) is 2.10. The molecule has 2 aromatic carbocycles. The number of benzene rings is 2. The molecule has 0 spiro atoms. The van der Waals surface area contributed by atoms with Crippen molar-refractivity contribution in [3.8, 4) is 5.75 Å². The van der Waals surface area contributed by atoms with Crippen LogP contribution in [0.5, 0.6) is 5.75 Å². The molecule has 31 heavy (non-hydrogen) atoms. The number of halogens is 1. The number of rotatable bonds is 11. The summed E-state index contributed by atoms with van der Waals surface area (Å²) < 4.78 is 6.13. The van der Waals surface area contributed by atoms with Gasteiger partial charge in [-0.15, -0.1) is 11.8 Å². The summed E-state index contributed by atoms with van der Waals surface area (Å²) >= 11 is 5.02. The van der Waals surface area contributed by atoms with Crippen LogP contribution in [0.1, 0.15) is 38.3 Å². The quantitative estimate of drug-likeness (QED) is 0.464. The van der Waals surface area contributed by atoms with E-state index in [0.29, 0.717) is 18.1 Å². The number of carbonyl (C=O) groups is 2. The molecule has 0 saturated carbocycles. The Morgan fingerprint density at radius 2 is 1.84 bits per heavy atom. The second kappa shape index (κ2) is 12.8. The van der Waals surface area contributed by atoms with Gasteiger partial charge in [0.25, 0.3) is 0 Å². The molecule has 0 bridgehead atoms. The highest BCUT2D eigenvalue weighted by Gasteiger charge is 2.26. The maximum atomic E-state index is 13.1. The van der Waals surface area contributed by atoms with Gasteiger partial charge < -0.3 is 15.0 Å². The van der Waals surface area contributed by atoms with Crippen LogP contribution in [0.3, 0.4) is 0 Å². The third-order valence-corrected chi connectivity index (χ3v) is 6.55. The van der Waals surface area contributed by atoms with Gasteiger partial charge in [-0.2, -0.15) is 0 Å². The zero-order valence-corrected chi connectivity index (χ0v) is 21.0. The predicted octanol–water partition coefficient (Wildman–Crippen LogP) is 5.02. The zero-order valence-electron chi connectivity index (χ0n) is 18.6. The molecule has 2 atom stereocenters. The minimum Gasteiger partial charge on any atom is -0.497 e. The number of hydrogen-bond donors (Lipinski definition) is 1. The Kier molecular flexibility index (Phi) is 10.4. The number of ether oxygens (including phenoxy) is 1. The van der Waals surface area contributed by atoms with Gasteiger partial charge in [-0.05, 0) is 55.7 Å². The summed E-state index contributed by atoms with van der Waals surface area (Å²) in [4.78, 5) is 27.5. The fourth-order valence-corrected chi connectivity index (χ4v) is 4.26. The van der Waals surface area contributed by atoms with Crippen LogP contribution in [-0.2, 0) is 21.9 Å². The van der Waals surface area contributed by atoms with E-state index >= 15 is 0 Å². The average molecular weight is 507 g/mol. The first-order valence-corrected chi connectivity index (χ1v) is 12.3. The molecular weight excluding hydrogens is 476 g/mol. The third kappa shape index (κ3) is 8.22. The third-order valence-electron chi connectivity index (χ3n) is 5.06. The Bertz CT molecular complexity index is 860. The molecule has 0 aliphatic heterocycles. The van der Waals surface area contributed by atoms with Gasteiger partial charge in [0.1, 0.15) is 11.8 Å². The van der Waals surface area contributed by atoms with Crippen molar-refractivity contribution in [3.63, 3.8) is 0 Å². The van der Waals surface area contributed by atoms with Crippen molar-refractivity contribution in [2.45, 2.75) is 51.6 Å². The van der Waals surface area contributed by atoms with Crippen LogP contribution in [0.15, 0.2) is 53.0 Å². The maximum absolute atomic E-state index is 13.1. The first-order chi connectivity index (χ1) is 14.8. The molecule has 5 nitrogen and oxygen atoms in total. The van der Waals surface area contributed by atoms with Crippen LogP contribution in [0.25, 0.3) is 0 Å². The lowest BCUT2D eigenvalue weighted by atomic mass is 10.1. The van der Waals surface area contributed by atoms with Gasteiger partial charge in [0.15, 0.2) is 0 Å². The first kappa shape index (κ1) is 25.3. The highest BCUT2D eigenvalue weighted by molar-refractivity contribution is 9.10. The van der Waals surface area contributed by atoms with Gasteiger partial charge >= 0.3 is 0 Å². The predicted molar refractivity (Wildman–Crippen MR) is 131 cm³/mol. The van der Waals surface area contributed by atoms with E-state index < -0.39 is 6.04 Å². The molecule has 1 N–H and O–H groups in total. The largest absolute Gasteiger partial charge is 0.497 e. The highest BCUT2D eigenvalue weighted by atomic mass is 79.9. The number of amides is 2. The van der Waals surface area contributed by atoms with Gasteiger partial charge in [0, 0.05) is 22.8 Å². The van der Waals surface area contributed by atoms with Crippen molar-refractivity contribution in [1.82, 2.24) is 10.2 Å². The summed E-state index contributed by atoms with van der Waals surface area (Å²) in [6.07, 6.45) is 0.843. The summed E-state index contributed by atoms with van der Waals surface area (Å²) in [5, 5.41) is 2.99. The first-order valence-electron chi connectivity index (χ1n) is 10.4. The standard InChI is InChI=1S/C24H31BrN2O3S/c1-5-17(2)26-24(29)18(3)27(14-20-7-6-8-21(25)13-20)23(28)16-31-15-19-9-11-22(30-4)12-10-19/h6-13,17-18H,5,14-16H2,1-4H3,(H,26,29)/t17-,18-/m0/s1. The topological polar surface area (TPSA) is 58.6 Å². The maximum Gasteiger partial charge on any atom is 0.242 e. The summed E-state index contributed by atoms with van der Waals surface area (Å²) in [6.45, 7) is 6.17. The van der Waals surface area contributed by atoms with Crippen molar-refractivity contribution in [2.75, 3.05) is 12.9 Å². The second-order valence-electron chi connectivity index (χ2n) is 7.49. The molecular formula is C24H31BrN2O3S. The van der Waals surface area contributed by atoms with E-state index in [4.69, 9.17) is 4.74 Å². The van der Waals surface area contributed by atoms with Crippen molar-refractivity contribution < 1.29 is 14.3 Å². The Balaban J connectivity index is 2.06. The van der Waals surface area contributed by atoms with Gasteiger partial charge in [-0.1, -0.05) is 47.1 Å². The fourth-order valence-electron chi connectivity index (χ4n) is 2.94. The smallest absolute Gasteiger partial charge is 0.242 e. The van der Waals surface area contributed by atoms with E-state index in [2.05, 4.69) is 21.2 Å². The Morgan fingerprint density at radius 1 is 1.13 bits per heavy atom. The lowest BCUT2D eigenvalue weighted by Gasteiger charge is -2.29. The van der Waals surface area contributed by atoms with E-state index in [-0.39, 0.29) is 17.9 Å². The van der Waals surface area contributed by atoms with E-state index in [9.17, 15) is 9.59 Å². The number of thioether (sulfide) groups is 1. The second-order valence-corrected chi connectivity index (χ2v) is 9.39. The zero-order chi connectivity index (χ0) is 22.8. The minimum absolute atomic E-state index is 0.0507. The molecule has 168 valence electrons. The van der Waals surface area contributed by atoms with Crippen molar-refractivity contribution >= 4 is 39.5 Å². The summed E-state index contributed by atoms with van der Waals surface area (Å²) in [7, 11) is 1.64. The number of nitrogens with zero attached hydrogens (tertiary/aromatic N) is 1. The Morgan fingerprint density at radius 3 is 2.45 bits per heavy atom. The Hall–Kier alpha value is -1.99. The lowest BCUT2D eigenvalue weighted by molar-refractivity contribution is -0.138. The van der Waals surface area contributed by atoms with Gasteiger partial charge in [0.05, 0.1) is 12.9 Å². The molecule has 7 heteroatoms. The molecule has 2 amide bonds. The van der Waals surface area contributed by atoms with Crippen molar-refractivity contribution in [3.05, 3.63) is 64.1 Å². The molecule has 0 fully saturated rings. The minimum atomic E-state index is -0.554. The summed E-state index contributed by atoms with van der Waals surface area (Å²) in [6, 6.07) is 15.2. The van der Waals surface area contributed by atoms with E-state index in [1.54, 1.807) is 30.7 Å². The number of nitrogens with one attached hydrogen (secondary N) is 1. The van der Waals surface area contributed by atoms with Gasteiger partial charge in [-0.25, -0.2) is 0 Å². The molecule has 0 aromatic heterocycles. The van der Waals surface area contributed by atoms with Crippen LogP contribution in [0.2, 0.25) is 0 Å². The molecule has 0 saturated heterocycles. The van der Waals surface area contributed by atoms with Gasteiger partial charge in [0.2, 0.25) is 11.8 Å². The molecule has 0 aliphatic carbocycles. The number of hydrogen-bond acceptors (Lipinski definition) is 4. The highest BCUT2D eigenvalue weighted by Crippen LogP contribution is 2.19. The SMILES string of the molecule is CC[C@H](C)NC(=O)[C@H](C)N(Cc1cccc(Br)c1)C(=O)CSCc1ccc(OC)cc1. The fraction of sp³-hybridized carbons (Fsp3) is 0.417. The Labute approximate surface area is 198 Å². The van der Waals surface area contributed by atoms with Crippen molar-refractivity contribution in [2.24, 2.45) is 0 Å².